The average molecular weight is 193 g/mol. The molecule has 0 fully saturated rings. The van der Waals surface area contributed by atoms with Gasteiger partial charge in [-0.2, -0.15) is 0 Å². The first kappa shape index (κ1) is 12.2. The van der Waals surface area contributed by atoms with Crippen LogP contribution in [0.5, 0.6) is 0 Å². The molecule has 0 aromatic rings. The van der Waals surface area contributed by atoms with Gasteiger partial charge in [0.15, 0.2) is 0 Å². The summed E-state index contributed by atoms with van der Waals surface area (Å²) in [7, 11) is 0. The van der Waals surface area contributed by atoms with Gasteiger partial charge < -0.3 is 4.74 Å². The highest BCUT2D eigenvalue weighted by Crippen LogP contribution is 2.17. The van der Waals surface area contributed by atoms with Gasteiger partial charge in [0.05, 0.1) is 6.10 Å². The Morgan fingerprint density at radius 2 is 1.83 bits per heavy atom. The SMILES string of the molecule is CCC(Cl)C(C)CCOC(C)C. The highest BCUT2D eigenvalue weighted by molar-refractivity contribution is 6.20. The van der Waals surface area contributed by atoms with Crippen LogP contribution in [0.1, 0.15) is 40.5 Å². The number of alkyl halides is 1. The highest BCUT2D eigenvalue weighted by atomic mass is 35.5. The van der Waals surface area contributed by atoms with E-state index in [0.29, 0.717) is 17.4 Å². The van der Waals surface area contributed by atoms with Crippen molar-refractivity contribution in [2.45, 2.75) is 52.0 Å². The zero-order valence-electron chi connectivity index (χ0n) is 8.64. The van der Waals surface area contributed by atoms with E-state index in [4.69, 9.17) is 16.3 Å². The molecule has 2 atom stereocenters. The van der Waals surface area contributed by atoms with Gasteiger partial charge in [-0.3, -0.25) is 0 Å². The molecule has 12 heavy (non-hydrogen) atoms. The van der Waals surface area contributed by atoms with Gasteiger partial charge in [-0.1, -0.05) is 13.8 Å². The number of ether oxygens (including phenoxy) is 1. The molecule has 0 saturated heterocycles. The second-order valence-electron chi connectivity index (χ2n) is 3.61. The van der Waals surface area contributed by atoms with Gasteiger partial charge in [0.1, 0.15) is 0 Å². The molecule has 0 bridgehead atoms. The lowest BCUT2D eigenvalue weighted by Crippen LogP contribution is -2.14. The molecule has 74 valence electrons. The quantitative estimate of drug-likeness (QED) is 0.586. The van der Waals surface area contributed by atoms with Crippen molar-refractivity contribution in [2.24, 2.45) is 5.92 Å². The highest BCUT2D eigenvalue weighted by Gasteiger charge is 2.11. The Labute approximate surface area is 81.4 Å². The Morgan fingerprint density at radius 1 is 1.25 bits per heavy atom. The van der Waals surface area contributed by atoms with Crippen LogP contribution in [0.25, 0.3) is 0 Å². The Balaban J connectivity index is 3.37. The van der Waals surface area contributed by atoms with Crippen LogP contribution in [0.2, 0.25) is 0 Å². The second-order valence-corrected chi connectivity index (χ2v) is 4.17. The Kier molecular flexibility index (Phi) is 6.87. The maximum atomic E-state index is 6.08. The van der Waals surface area contributed by atoms with Crippen molar-refractivity contribution in [1.82, 2.24) is 0 Å². The molecule has 0 aromatic heterocycles. The van der Waals surface area contributed by atoms with Crippen LogP contribution in [0.15, 0.2) is 0 Å². The summed E-state index contributed by atoms with van der Waals surface area (Å²) in [5, 5.41) is 0.306. The molecular formula is C10H21ClO. The summed E-state index contributed by atoms with van der Waals surface area (Å²) in [5.41, 5.74) is 0. The van der Waals surface area contributed by atoms with Crippen molar-refractivity contribution >= 4 is 11.6 Å². The van der Waals surface area contributed by atoms with E-state index in [-0.39, 0.29) is 0 Å². The second kappa shape index (κ2) is 6.73. The van der Waals surface area contributed by atoms with Gasteiger partial charge in [-0.15, -0.1) is 11.6 Å². The molecule has 2 unspecified atom stereocenters. The number of rotatable bonds is 6. The Hall–Kier alpha value is 0.250. The molecular weight excluding hydrogens is 172 g/mol. The van der Waals surface area contributed by atoms with Crippen LogP contribution in [-0.4, -0.2) is 18.1 Å². The van der Waals surface area contributed by atoms with E-state index in [9.17, 15) is 0 Å². The Bertz CT molecular complexity index is 104. The smallest absolute Gasteiger partial charge is 0.0518 e. The maximum Gasteiger partial charge on any atom is 0.0518 e. The van der Waals surface area contributed by atoms with E-state index in [1.807, 2.05) is 0 Å². The van der Waals surface area contributed by atoms with Crippen LogP contribution < -0.4 is 0 Å². The Morgan fingerprint density at radius 3 is 2.25 bits per heavy atom. The molecule has 0 aliphatic carbocycles. The molecule has 0 aromatic carbocycles. The fourth-order valence-electron chi connectivity index (χ4n) is 1.07. The molecule has 0 radical (unpaired) electrons. The molecule has 0 aliphatic rings. The summed E-state index contributed by atoms with van der Waals surface area (Å²) < 4.78 is 5.45. The molecule has 2 heteroatoms. The first-order valence-electron chi connectivity index (χ1n) is 4.83. The van der Waals surface area contributed by atoms with Crippen molar-refractivity contribution in [1.29, 1.82) is 0 Å². The summed E-state index contributed by atoms with van der Waals surface area (Å²) >= 11 is 6.08. The predicted molar refractivity (Wildman–Crippen MR) is 54.8 cm³/mol. The fraction of sp³-hybridized carbons (Fsp3) is 1.00. The first-order chi connectivity index (χ1) is 5.57. The van der Waals surface area contributed by atoms with Gasteiger partial charge in [-0.25, -0.2) is 0 Å². The zero-order valence-corrected chi connectivity index (χ0v) is 9.40. The topological polar surface area (TPSA) is 9.23 Å². The van der Waals surface area contributed by atoms with Crippen LogP contribution in [-0.2, 0) is 4.74 Å². The summed E-state index contributed by atoms with van der Waals surface area (Å²) in [6.45, 7) is 9.26. The molecule has 1 nitrogen and oxygen atoms in total. The van der Waals surface area contributed by atoms with E-state index in [1.54, 1.807) is 0 Å². The van der Waals surface area contributed by atoms with Gasteiger partial charge in [-0.05, 0) is 32.6 Å². The molecule has 0 heterocycles. The molecule has 0 aliphatic heterocycles. The van der Waals surface area contributed by atoms with Gasteiger partial charge in [0, 0.05) is 12.0 Å². The average Bonchev–Trinajstić information content (AvgIpc) is 2.02. The van der Waals surface area contributed by atoms with Crippen LogP contribution >= 0.6 is 11.6 Å². The van der Waals surface area contributed by atoms with E-state index < -0.39 is 0 Å². The van der Waals surface area contributed by atoms with Crippen molar-refractivity contribution in [3.05, 3.63) is 0 Å². The van der Waals surface area contributed by atoms with Crippen LogP contribution in [0, 0.1) is 5.92 Å². The fourth-order valence-corrected chi connectivity index (χ4v) is 1.20. The summed E-state index contributed by atoms with van der Waals surface area (Å²) in [4.78, 5) is 0. The van der Waals surface area contributed by atoms with Crippen molar-refractivity contribution in [3.8, 4) is 0 Å². The van der Waals surface area contributed by atoms with Gasteiger partial charge in [0.25, 0.3) is 0 Å². The molecule has 0 amide bonds. The maximum absolute atomic E-state index is 6.08. The summed E-state index contributed by atoms with van der Waals surface area (Å²) in [5.74, 6) is 0.565. The standard InChI is InChI=1S/C10H21ClO/c1-5-10(11)9(4)6-7-12-8(2)3/h8-10H,5-7H2,1-4H3. The van der Waals surface area contributed by atoms with Crippen molar-refractivity contribution in [2.75, 3.05) is 6.61 Å². The lowest BCUT2D eigenvalue weighted by atomic mass is 10.0. The molecule has 0 rings (SSSR count). The minimum Gasteiger partial charge on any atom is -0.379 e. The van der Waals surface area contributed by atoms with Crippen molar-refractivity contribution in [3.63, 3.8) is 0 Å². The van der Waals surface area contributed by atoms with E-state index >= 15 is 0 Å². The predicted octanol–water partition coefficient (Wildman–Crippen LogP) is 3.46. The zero-order chi connectivity index (χ0) is 9.56. The van der Waals surface area contributed by atoms with Gasteiger partial charge >= 0.3 is 0 Å². The lowest BCUT2D eigenvalue weighted by Gasteiger charge is -2.16. The number of hydrogen-bond donors (Lipinski definition) is 0. The van der Waals surface area contributed by atoms with E-state index in [1.165, 1.54) is 0 Å². The summed E-state index contributed by atoms with van der Waals surface area (Å²) in [6, 6.07) is 0. The van der Waals surface area contributed by atoms with E-state index in [0.717, 1.165) is 19.4 Å². The third kappa shape index (κ3) is 5.84. The normalized spacial score (nSPS) is 16.5. The molecule has 0 spiro atoms. The van der Waals surface area contributed by atoms with Crippen LogP contribution in [0.4, 0.5) is 0 Å². The monoisotopic (exact) mass is 192 g/mol. The largest absolute Gasteiger partial charge is 0.379 e. The number of hydrogen-bond acceptors (Lipinski definition) is 1. The minimum absolute atomic E-state index is 0.306. The molecule has 0 N–H and O–H groups in total. The van der Waals surface area contributed by atoms with Crippen LogP contribution in [0.3, 0.4) is 0 Å². The minimum atomic E-state index is 0.306. The lowest BCUT2D eigenvalue weighted by molar-refractivity contribution is 0.0693. The molecule has 0 saturated carbocycles. The van der Waals surface area contributed by atoms with Crippen molar-refractivity contribution < 1.29 is 4.74 Å². The van der Waals surface area contributed by atoms with E-state index in [2.05, 4.69) is 27.7 Å². The number of halogens is 1. The first-order valence-corrected chi connectivity index (χ1v) is 5.27. The van der Waals surface area contributed by atoms with Gasteiger partial charge in [0.2, 0.25) is 0 Å². The summed E-state index contributed by atoms with van der Waals surface area (Å²) in [6.07, 6.45) is 2.46. The third-order valence-corrected chi connectivity index (χ3v) is 2.77. The third-order valence-electron chi connectivity index (χ3n) is 2.03.